The zero-order chi connectivity index (χ0) is 14.2. The molecule has 2 aliphatic rings. The van der Waals surface area contributed by atoms with Crippen molar-refractivity contribution in [3.63, 3.8) is 0 Å². The van der Waals surface area contributed by atoms with E-state index in [1.807, 2.05) is 13.8 Å². The maximum atomic E-state index is 11.6. The van der Waals surface area contributed by atoms with Gasteiger partial charge in [-0.15, -0.1) is 0 Å². The monoisotopic (exact) mass is 271 g/mol. The van der Waals surface area contributed by atoms with Gasteiger partial charge in [-0.2, -0.15) is 0 Å². The second-order valence-electron chi connectivity index (χ2n) is 5.36. The predicted molar refractivity (Wildman–Crippen MR) is 67.3 cm³/mol. The van der Waals surface area contributed by atoms with Gasteiger partial charge in [-0.3, -0.25) is 4.79 Å². The summed E-state index contributed by atoms with van der Waals surface area (Å²) in [6.07, 6.45) is 1.82. The molecule has 2 fully saturated rings. The van der Waals surface area contributed by atoms with Crippen molar-refractivity contribution in [2.45, 2.75) is 44.2 Å². The molecule has 2 aliphatic heterocycles. The molecule has 4 atom stereocenters. The Balaban J connectivity index is 2.08. The summed E-state index contributed by atoms with van der Waals surface area (Å²) >= 11 is 0. The number of likely N-dealkylation sites (N-methyl/N-ethyl adjacent to an activating group) is 1. The zero-order valence-electron chi connectivity index (χ0n) is 12.0. The smallest absolute Gasteiger partial charge is 0.245 e. The van der Waals surface area contributed by atoms with Crippen LogP contribution in [0.1, 0.15) is 13.8 Å². The van der Waals surface area contributed by atoms with E-state index in [1.54, 1.807) is 27.3 Å². The maximum Gasteiger partial charge on any atom is 0.245 e. The molecule has 0 N–H and O–H groups in total. The number of fused-ring (bicyclic) bond motifs is 1. The van der Waals surface area contributed by atoms with Crippen LogP contribution in [0.25, 0.3) is 0 Å². The van der Waals surface area contributed by atoms with E-state index in [0.717, 1.165) is 0 Å². The molecule has 2 saturated heterocycles. The Hall–Kier alpha value is -0.950. The van der Waals surface area contributed by atoms with Crippen molar-refractivity contribution < 1.29 is 23.7 Å². The summed E-state index contributed by atoms with van der Waals surface area (Å²) in [5, 5.41) is 0. The third-order valence-electron chi connectivity index (χ3n) is 3.15. The van der Waals surface area contributed by atoms with E-state index >= 15 is 0 Å². The van der Waals surface area contributed by atoms with Crippen LogP contribution in [-0.4, -0.2) is 62.4 Å². The Morgan fingerprint density at radius 1 is 1.26 bits per heavy atom. The standard InChI is InChI=1S/C13H21NO5/c1-13(2)18-10-8(6-7-9(15)14(3)4)17-12(16-5)11(10)19-13/h6-8,10-12H,1-5H3/t8-,10-,11+,12+/m0/s1. The highest BCUT2D eigenvalue weighted by molar-refractivity contribution is 5.87. The number of hydrogen-bond donors (Lipinski definition) is 0. The van der Waals surface area contributed by atoms with Crippen molar-refractivity contribution in [3.8, 4) is 0 Å². The molecule has 0 saturated carbocycles. The number of hydrogen-bond acceptors (Lipinski definition) is 5. The van der Waals surface area contributed by atoms with Gasteiger partial charge in [0, 0.05) is 27.3 Å². The first-order valence-corrected chi connectivity index (χ1v) is 6.27. The van der Waals surface area contributed by atoms with Gasteiger partial charge in [0.15, 0.2) is 12.1 Å². The van der Waals surface area contributed by atoms with Crippen LogP contribution in [0.5, 0.6) is 0 Å². The number of rotatable bonds is 3. The second kappa shape index (κ2) is 5.20. The Labute approximate surface area is 113 Å². The average molecular weight is 271 g/mol. The largest absolute Gasteiger partial charge is 0.353 e. The molecule has 0 aliphatic carbocycles. The van der Waals surface area contributed by atoms with Crippen molar-refractivity contribution in [2.75, 3.05) is 21.2 Å². The fourth-order valence-corrected chi connectivity index (χ4v) is 2.26. The fraction of sp³-hybridized carbons (Fsp3) is 0.769. The third-order valence-corrected chi connectivity index (χ3v) is 3.15. The molecule has 108 valence electrons. The molecular formula is C13H21NO5. The lowest BCUT2D eigenvalue weighted by molar-refractivity contribution is -0.221. The number of carbonyl (C=O) groups is 1. The molecule has 0 bridgehead atoms. The average Bonchev–Trinajstić information content (AvgIpc) is 2.79. The van der Waals surface area contributed by atoms with Crippen molar-refractivity contribution in [2.24, 2.45) is 0 Å². The van der Waals surface area contributed by atoms with Gasteiger partial charge in [0.1, 0.15) is 18.3 Å². The van der Waals surface area contributed by atoms with Gasteiger partial charge >= 0.3 is 0 Å². The number of nitrogens with zero attached hydrogens (tertiary/aromatic N) is 1. The summed E-state index contributed by atoms with van der Waals surface area (Å²) in [6, 6.07) is 0. The van der Waals surface area contributed by atoms with E-state index in [2.05, 4.69) is 0 Å². The van der Waals surface area contributed by atoms with Crippen LogP contribution in [0.4, 0.5) is 0 Å². The minimum Gasteiger partial charge on any atom is -0.353 e. The molecule has 2 heterocycles. The fourth-order valence-electron chi connectivity index (χ4n) is 2.26. The lowest BCUT2D eigenvalue weighted by Gasteiger charge is -2.22. The maximum absolute atomic E-state index is 11.6. The highest BCUT2D eigenvalue weighted by Crippen LogP contribution is 2.39. The van der Waals surface area contributed by atoms with Crippen LogP contribution in [0.2, 0.25) is 0 Å². The Bertz CT molecular complexity index is 379. The van der Waals surface area contributed by atoms with Crippen molar-refractivity contribution in [1.29, 1.82) is 0 Å². The zero-order valence-corrected chi connectivity index (χ0v) is 12.0. The number of amides is 1. The van der Waals surface area contributed by atoms with Crippen molar-refractivity contribution >= 4 is 5.91 Å². The highest BCUT2D eigenvalue weighted by Gasteiger charge is 2.54. The Morgan fingerprint density at radius 2 is 1.89 bits per heavy atom. The predicted octanol–water partition coefficient (Wildman–Crippen LogP) is 0.522. The minimum atomic E-state index is -0.659. The minimum absolute atomic E-state index is 0.0980. The van der Waals surface area contributed by atoms with E-state index in [9.17, 15) is 4.79 Å². The number of ether oxygens (including phenoxy) is 4. The summed E-state index contributed by atoms with van der Waals surface area (Å²) in [5.74, 6) is -0.757. The van der Waals surface area contributed by atoms with Crippen LogP contribution in [0.15, 0.2) is 12.2 Å². The molecule has 0 radical (unpaired) electrons. The molecule has 0 aromatic rings. The van der Waals surface area contributed by atoms with E-state index in [4.69, 9.17) is 18.9 Å². The van der Waals surface area contributed by atoms with Gasteiger partial charge in [0.2, 0.25) is 5.91 Å². The lowest BCUT2D eigenvalue weighted by Crippen LogP contribution is -2.30. The summed E-state index contributed by atoms with van der Waals surface area (Å²) in [6.45, 7) is 3.70. The van der Waals surface area contributed by atoms with Crippen molar-refractivity contribution in [1.82, 2.24) is 4.90 Å². The van der Waals surface area contributed by atoms with Gasteiger partial charge in [-0.1, -0.05) is 0 Å². The van der Waals surface area contributed by atoms with Crippen molar-refractivity contribution in [3.05, 3.63) is 12.2 Å². The molecule has 0 aromatic heterocycles. The second-order valence-corrected chi connectivity index (χ2v) is 5.36. The van der Waals surface area contributed by atoms with Crippen LogP contribution >= 0.6 is 0 Å². The molecule has 1 amide bonds. The summed E-state index contributed by atoms with van der Waals surface area (Å²) < 4.78 is 22.5. The van der Waals surface area contributed by atoms with Crippen LogP contribution in [0, 0.1) is 0 Å². The molecule has 6 nitrogen and oxygen atoms in total. The van der Waals surface area contributed by atoms with Gasteiger partial charge in [0.25, 0.3) is 0 Å². The van der Waals surface area contributed by atoms with E-state index < -0.39 is 12.1 Å². The van der Waals surface area contributed by atoms with E-state index in [-0.39, 0.29) is 24.2 Å². The molecule has 0 aromatic carbocycles. The third kappa shape index (κ3) is 2.97. The van der Waals surface area contributed by atoms with E-state index in [0.29, 0.717) is 0 Å². The quantitative estimate of drug-likeness (QED) is 0.701. The molecule has 6 heteroatoms. The lowest BCUT2D eigenvalue weighted by atomic mass is 10.1. The highest BCUT2D eigenvalue weighted by atomic mass is 16.8. The normalized spacial score (nSPS) is 36.7. The number of carbonyl (C=O) groups excluding carboxylic acids is 1. The molecular weight excluding hydrogens is 250 g/mol. The number of methoxy groups -OCH3 is 1. The summed E-state index contributed by atoms with van der Waals surface area (Å²) in [5.41, 5.74) is 0. The molecule has 0 unspecified atom stereocenters. The molecule has 0 spiro atoms. The first-order chi connectivity index (χ1) is 8.84. The SMILES string of the molecule is CO[C@@H]1O[C@@H](C=CC(=O)N(C)C)[C@@H]2OC(C)(C)O[C@@H]12. The molecule has 2 rings (SSSR count). The van der Waals surface area contributed by atoms with Crippen LogP contribution in [-0.2, 0) is 23.7 Å². The summed E-state index contributed by atoms with van der Waals surface area (Å²) in [7, 11) is 4.95. The first kappa shape index (κ1) is 14.5. The first-order valence-electron chi connectivity index (χ1n) is 6.27. The Kier molecular flexibility index (Phi) is 3.96. The van der Waals surface area contributed by atoms with Crippen LogP contribution < -0.4 is 0 Å². The summed E-state index contributed by atoms with van der Waals surface area (Å²) in [4.78, 5) is 13.0. The van der Waals surface area contributed by atoms with E-state index in [1.165, 1.54) is 11.0 Å². The molecule has 19 heavy (non-hydrogen) atoms. The van der Waals surface area contributed by atoms with Gasteiger partial charge < -0.3 is 23.8 Å². The van der Waals surface area contributed by atoms with Gasteiger partial charge in [-0.05, 0) is 19.9 Å². The topological polar surface area (TPSA) is 57.2 Å². The Morgan fingerprint density at radius 3 is 2.47 bits per heavy atom. The van der Waals surface area contributed by atoms with Gasteiger partial charge in [-0.25, -0.2) is 0 Å². The van der Waals surface area contributed by atoms with Crippen LogP contribution in [0.3, 0.4) is 0 Å². The van der Waals surface area contributed by atoms with Gasteiger partial charge in [0.05, 0.1) is 0 Å².